The summed E-state index contributed by atoms with van der Waals surface area (Å²) in [4.78, 5) is 11.9. The number of nitrogens with zero attached hydrogens (tertiary/aromatic N) is 1. The zero-order valence-corrected chi connectivity index (χ0v) is 11.3. The molecule has 0 bridgehead atoms. The van der Waals surface area contributed by atoms with Gasteiger partial charge in [0.15, 0.2) is 0 Å². The predicted octanol–water partition coefficient (Wildman–Crippen LogP) is 2.14. The quantitative estimate of drug-likeness (QED) is 0.900. The van der Waals surface area contributed by atoms with Crippen molar-refractivity contribution in [1.82, 2.24) is 9.88 Å². The van der Waals surface area contributed by atoms with Crippen molar-refractivity contribution in [1.29, 1.82) is 0 Å². The summed E-state index contributed by atoms with van der Waals surface area (Å²) in [6, 6.07) is 10.3. The Bertz CT molecular complexity index is 580. The Morgan fingerprint density at radius 3 is 2.84 bits per heavy atom. The number of benzene rings is 1. The van der Waals surface area contributed by atoms with E-state index in [1.165, 1.54) is 0 Å². The van der Waals surface area contributed by atoms with Crippen LogP contribution in [0.3, 0.4) is 0 Å². The smallest absolute Gasteiger partial charge is 0.251 e. The number of aliphatic hydroxyl groups is 1. The molecule has 0 fully saturated rings. The van der Waals surface area contributed by atoms with Gasteiger partial charge in [0.1, 0.15) is 6.10 Å². The van der Waals surface area contributed by atoms with Gasteiger partial charge in [0.05, 0.1) is 0 Å². The van der Waals surface area contributed by atoms with Gasteiger partial charge in [-0.15, -0.1) is 0 Å². The second kappa shape index (κ2) is 5.91. The Balaban J connectivity index is 1.96. The summed E-state index contributed by atoms with van der Waals surface area (Å²) in [7, 11) is 1.84. The van der Waals surface area contributed by atoms with Crippen LogP contribution in [0.4, 0.5) is 0 Å². The third kappa shape index (κ3) is 3.36. The van der Waals surface area contributed by atoms with E-state index in [0.717, 1.165) is 5.69 Å². The molecule has 2 aromatic rings. The number of aliphatic hydroxyl groups excluding tert-OH is 1. The third-order valence-corrected chi connectivity index (χ3v) is 3.10. The molecule has 1 aromatic carbocycles. The number of carbonyl (C=O) groups is 1. The highest BCUT2D eigenvalue weighted by Gasteiger charge is 2.12. The van der Waals surface area contributed by atoms with Crippen LogP contribution in [-0.4, -0.2) is 22.1 Å². The van der Waals surface area contributed by atoms with Crippen molar-refractivity contribution in [3.63, 3.8) is 0 Å². The van der Waals surface area contributed by atoms with Gasteiger partial charge in [-0.05, 0) is 30.3 Å². The average Bonchev–Trinajstić information content (AvgIpc) is 2.82. The maximum atomic E-state index is 11.9. The van der Waals surface area contributed by atoms with Crippen LogP contribution in [-0.2, 0) is 7.05 Å². The van der Waals surface area contributed by atoms with Gasteiger partial charge in [0, 0.05) is 36.1 Å². The summed E-state index contributed by atoms with van der Waals surface area (Å²) in [5.41, 5.74) is 1.23. The van der Waals surface area contributed by atoms with E-state index in [2.05, 4.69) is 5.32 Å². The topological polar surface area (TPSA) is 54.3 Å². The van der Waals surface area contributed by atoms with Gasteiger partial charge in [-0.25, -0.2) is 0 Å². The fourth-order valence-electron chi connectivity index (χ4n) is 1.85. The Hall–Kier alpha value is -1.78. The van der Waals surface area contributed by atoms with E-state index in [0.29, 0.717) is 10.6 Å². The Labute approximate surface area is 116 Å². The molecule has 0 saturated heterocycles. The maximum Gasteiger partial charge on any atom is 0.251 e. The third-order valence-electron chi connectivity index (χ3n) is 2.87. The van der Waals surface area contributed by atoms with Crippen LogP contribution in [0.1, 0.15) is 22.2 Å². The fraction of sp³-hybridized carbons (Fsp3) is 0.214. The van der Waals surface area contributed by atoms with Crippen LogP contribution in [0.5, 0.6) is 0 Å². The normalized spacial score (nSPS) is 12.2. The van der Waals surface area contributed by atoms with E-state index in [1.807, 2.05) is 29.9 Å². The number of aryl methyl sites for hydroxylation is 1. The van der Waals surface area contributed by atoms with E-state index < -0.39 is 6.10 Å². The number of rotatable bonds is 4. The molecule has 0 spiro atoms. The van der Waals surface area contributed by atoms with Crippen molar-refractivity contribution < 1.29 is 9.90 Å². The van der Waals surface area contributed by atoms with Crippen molar-refractivity contribution in [2.24, 2.45) is 7.05 Å². The van der Waals surface area contributed by atoms with Crippen LogP contribution in [0.15, 0.2) is 42.6 Å². The first-order chi connectivity index (χ1) is 9.08. The lowest BCUT2D eigenvalue weighted by molar-refractivity contribution is 0.0912. The van der Waals surface area contributed by atoms with Gasteiger partial charge >= 0.3 is 0 Å². The van der Waals surface area contributed by atoms with Gasteiger partial charge < -0.3 is 15.0 Å². The lowest BCUT2D eigenvalue weighted by Crippen LogP contribution is -2.29. The molecule has 0 unspecified atom stereocenters. The lowest BCUT2D eigenvalue weighted by atomic mass is 10.2. The summed E-state index contributed by atoms with van der Waals surface area (Å²) in [6.07, 6.45) is 1.11. The molecule has 1 aromatic heterocycles. The Morgan fingerprint density at radius 1 is 1.42 bits per heavy atom. The van der Waals surface area contributed by atoms with Gasteiger partial charge in [0.2, 0.25) is 0 Å². The molecule has 2 rings (SSSR count). The fourth-order valence-corrected chi connectivity index (χ4v) is 2.04. The molecule has 0 aliphatic carbocycles. The number of halogens is 1. The lowest BCUT2D eigenvalue weighted by Gasteiger charge is -2.13. The number of hydrogen-bond donors (Lipinski definition) is 2. The number of nitrogens with one attached hydrogen (secondary N) is 1. The second-order valence-corrected chi connectivity index (χ2v) is 4.72. The number of amides is 1. The van der Waals surface area contributed by atoms with E-state index in [1.54, 1.807) is 24.3 Å². The van der Waals surface area contributed by atoms with Crippen molar-refractivity contribution in [3.05, 3.63) is 58.9 Å². The molecule has 5 heteroatoms. The molecule has 0 radical (unpaired) electrons. The van der Waals surface area contributed by atoms with Crippen molar-refractivity contribution in [2.75, 3.05) is 6.54 Å². The summed E-state index contributed by atoms with van der Waals surface area (Å²) < 4.78 is 1.82. The van der Waals surface area contributed by atoms with Crippen LogP contribution in [0.2, 0.25) is 5.02 Å². The summed E-state index contributed by atoms with van der Waals surface area (Å²) in [5, 5.41) is 13.2. The first-order valence-electron chi connectivity index (χ1n) is 5.91. The monoisotopic (exact) mass is 278 g/mol. The molecule has 19 heavy (non-hydrogen) atoms. The molecule has 4 nitrogen and oxygen atoms in total. The number of carbonyl (C=O) groups excluding carboxylic acids is 1. The molecule has 1 atom stereocenters. The minimum atomic E-state index is -0.733. The standard InChI is InChI=1S/C14H15ClN2O2/c1-17-7-3-6-12(17)13(18)9-16-14(19)10-4-2-5-11(15)8-10/h2-8,13,18H,9H2,1H3,(H,16,19)/t13-/m0/s1. The molecular weight excluding hydrogens is 264 g/mol. The molecule has 1 amide bonds. The molecule has 0 aliphatic heterocycles. The van der Waals surface area contributed by atoms with E-state index in [-0.39, 0.29) is 12.5 Å². The maximum absolute atomic E-state index is 11.9. The molecule has 2 N–H and O–H groups in total. The van der Waals surface area contributed by atoms with Gasteiger partial charge in [0.25, 0.3) is 5.91 Å². The van der Waals surface area contributed by atoms with Crippen molar-refractivity contribution in [2.45, 2.75) is 6.10 Å². The Morgan fingerprint density at radius 2 is 2.21 bits per heavy atom. The van der Waals surface area contributed by atoms with Crippen LogP contribution < -0.4 is 5.32 Å². The van der Waals surface area contributed by atoms with Crippen LogP contribution in [0, 0.1) is 0 Å². The molecular formula is C14H15ClN2O2. The highest BCUT2D eigenvalue weighted by Crippen LogP contribution is 2.13. The molecule has 100 valence electrons. The van der Waals surface area contributed by atoms with Crippen molar-refractivity contribution in [3.8, 4) is 0 Å². The molecule has 0 saturated carbocycles. The van der Waals surface area contributed by atoms with Crippen molar-refractivity contribution >= 4 is 17.5 Å². The average molecular weight is 279 g/mol. The number of aromatic nitrogens is 1. The summed E-state index contributed by atoms with van der Waals surface area (Å²) >= 11 is 5.82. The summed E-state index contributed by atoms with van der Waals surface area (Å²) in [5.74, 6) is -0.254. The minimum absolute atomic E-state index is 0.156. The van der Waals surface area contributed by atoms with Gasteiger partial charge in [-0.3, -0.25) is 4.79 Å². The van der Waals surface area contributed by atoms with E-state index in [9.17, 15) is 9.90 Å². The second-order valence-electron chi connectivity index (χ2n) is 4.28. The first-order valence-corrected chi connectivity index (χ1v) is 6.29. The van der Waals surface area contributed by atoms with Gasteiger partial charge in [-0.2, -0.15) is 0 Å². The molecule has 1 heterocycles. The summed E-state index contributed by atoms with van der Waals surface area (Å²) in [6.45, 7) is 0.156. The minimum Gasteiger partial charge on any atom is -0.385 e. The SMILES string of the molecule is Cn1cccc1[C@@H](O)CNC(=O)c1cccc(Cl)c1. The number of hydrogen-bond acceptors (Lipinski definition) is 2. The highest BCUT2D eigenvalue weighted by molar-refractivity contribution is 6.30. The zero-order chi connectivity index (χ0) is 13.8. The molecule has 0 aliphatic rings. The predicted molar refractivity (Wildman–Crippen MR) is 74.2 cm³/mol. The zero-order valence-electron chi connectivity index (χ0n) is 10.5. The van der Waals surface area contributed by atoms with Crippen LogP contribution >= 0.6 is 11.6 Å². The highest BCUT2D eigenvalue weighted by atomic mass is 35.5. The van der Waals surface area contributed by atoms with Crippen LogP contribution in [0.25, 0.3) is 0 Å². The van der Waals surface area contributed by atoms with E-state index in [4.69, 9.17) is 11.6 Å². The van der Waals surface area contributed by atoms with E-state index >= 15 is 0 Å². The largest absolute Gasteiger partial charge is 0.385 e. The first kappa shape index (κ1) is 13.6. The Kier molecular flexibility index (Phi) is 4.24. The van der Waals surface area contributed by atoms with Gasteiger partial charge in [-0.1, -0.05) is 17.7 Å².